The molecular formula is C20H22F3N5O2. The fourth-order valence-electron chi connectivity index (χ4n) is 3.26. The average molecular weight is 421 g/mol. The Morgan fingerprint density at radius 1 is 1.17 bits per heavy atom. The highest BCUT2D eigenvalue weighted by Crippen LogP contribution is 2.29. The molecule has 30 heavy (non-hydrogen) atoms. The molecule has 3 aromatic rings. The number of carbonyl (C=O) groups excluding carboxylic acids is 1. The summed E-state index contributed by atoms with van der Waals surface area (Å²) in [6.07, 6.45) is -2.96. The van der Waals surface area contributed by atoms with E-state index in [9.17, 15) is 22.8 Å². The third kappa shape index (κ3) is 4.22. The largest absolute Gasteiger partial charge is 0.416 e. The first kappa shape index (κ1) is 21.5. The number of rotatable bonds is 5. The number of fused-ring (bicyclic) bond motifs is 1. The van der Waals surface area contributed by atoms with Gasteiger partial charge >= 0.3 is 6.18 Å². The Hall–Kier alpha value is -3.17. The minimum atomic E-state index is -4.42. The van der Waals surface area contributed by atoms with Crippen molar-refractivity contribution in [2.45, 2.75) is 52.5 Å². The summed E-state index contributed by atoms with van der Waals surface area (Å²) in [6.45, 7) is 6.95. The molecule has 3 rings (SSSR count). The number of hydrogen-bond donors (Lipinski definition) is 1. The Morgan fingerprint density at radius 3 is 2.37 bits per heavy atom. The Balaban J connectivity index is 1.77. The van der Waals surface area contributed by atoms with Crippen LogP contribution in [-0.2, 0) is 17.5 Å². The highest BCUT2D eigenvalue weighted by Gasteiger charge is 2.30. The molecule has 0 unspecified atom stereocenters. The van der Waals surface area contributed by atoms with Gasteiger partial charge in [-0.25, -0.2) is 4.68 Å². The number of amides is 1. The maximum absolute atomic E-state index is 12.7. The zero-order chi connectivity index (χ0) is 22.2. The van der Waals surface area contributed by atoms with E-state index >= 15 is 0 Å². The van der Waals surface area contributed by atoms with Crippen LogP contribution in [0, 0.1) is 6.92 Å². The molecule has 7 nitrogen and oxygen atoms in total. The average Bonchev–Trinajstić information content (AvgIpc) is 3.11. The van der Waals surface area contributed by atoms with Gasteiger partial charge in [-0.2, -0.15) is 23.4 Å². The second-order valence-electron chi connectivity index (χ2n) is 7.40. The molecule has 0 saturated heterocycles. The summed E-state index contributed by atoms with van der Waals surface area (Å²) in [6, 6.07) is 4.07. The summed E-state index contributed by atoms with van der Waals surface area (Å²) < 4.78 is 40.8. The first-order valence-corrected chi connectivity index (χ1v) is 9.40. The number of alkyl halides is 3. The quantitative estimate of drug-likeness (QED) is 0.685. The predicted octanol–water partition coefficient (Wildman–Crippen LogP) is 3.38. The van der Waals surface area contributed by atoms with Gasteiger partial charge in [0.1, 0.15) is 6.54 Å². The SMILES string of the molecule is Cc1nn(CC(=O)N[C@@H](C)c2ccc(C(F)(F)F)cc2)c(=O)c2cnn(C(C)C)c12. The van der Waals surface area contributed by atoms with Crippen LogP contribution in [-0.4, -0.2) is 25.5 Å². The van der Waals surface area contributed by atoms with E-state index in [1.165, 1.54) is 18.3 Å². The number of nitrogens with zero attached hydrogens (tertiary/aromatic N) is 4. The lowest BCUT2D eigenvalue weighted by atomic mass is 10.1. The van der Waals surface area contributed by atoms with Gasteiger partial charge in [0.25, 0.3) is 5.56 Å². The van der Waals surface area contributed by atoms with Crippen molar-refractivity contribution in [2.75, 3.05) is 0 Å². The number of aromatic nitrogens is 4. The number of aryl methyl sites for hydroxylation is 1. The van der Waals surface area contributed by atoms with Crippen molar-refractivity contribution in [3.05, 3.63) is 57.6 Å². The van der Waals surface area contributed by atoms with Crippen LogP contribution in [0.3, 0.4) is 0 Å². The van der Waals surface area contributed by atoms with Crippen LogP contribution in [0.5, 0.6) is 0 Å². The number of halogens is 3. The first-order valence-electron chi connectivity index (χ1n) is 9.40. The van der Waals surface area contributed by atoms with Crippen molar-refractivity contribution in [3.63, 3.8) is 0 Å². The number of carbonyl (C=O) groups is 1. The second-order valence-corrected chi connectivity index (χ2v) is 7.40. The summed E-state index contributed by atoms with van der Waals surface area (Å²) in [4.78, 5) is 25.1. The molecule has 160 valence electrons. The molecule has 2 aromatic heterocycles. The summed E-state index contributed by atoms with van der Waals surface area (Å²) in [5, 5.41) is 11.5. The van der Waals surface area contributed by atoms with Gasteiger partial charge in [-0.1, -0.05) is 12.1 Å². The van der Waals surface area contributed by atoms with Gasteiger partial charge in [0.05, 0.1) is 34.4 Å². The normalized spacial score (nSPS) is 13.1. The fraction of sp³-hybridized carbons (Fsp3) is 0.400. The summed E-state index contributed by atoms with van der Waals surface area (Å²) in [5.41, 5.74) is 0.525. The van der Waals surface area contributed by atoms with E-state index in [4.69, 9.17) is 0 Å². The van der Waals surface area contributed by atoms with Crippen LogP contribution in [0.1, 0.15) is 49.7 Å². The van der Waals surface area contributed by atoms with Gasteiger partial charge in [0, 0.05) is 6.04 Å². The van der Waals surface area contributed by atoms with Gasteiger partial charge in [-0.15, -0.1) is 0 Å². The Bertz CT molecular complexity index is 1130. The lowest BCUT2D eigenvalue weighted by Gasteiger charge is -2.16. The monoisotopic (exact) mass is 421 g/mol. The zero-order valence-corrected chi connectivity index (χ0v) is 17.0. The topological polar surface area (TPSA) is 81.8 Å². The number of benzene rings is 1. The maximum Gasteiger partial charge on any atom is 0.416 e. The Labute approximate surface area is 170 Å². The highest BCUT2D eigenvalue weighted by molar-refractivity contribution is 5.80. The smallest absolute Gasteiger partial charge is 0.348 e. The fourth-order valence-corrected chi connectivity index (χ4v) is 3.26. The molecule has 1 aromatic carbocycles. The summed E-state index contributed by atoms with van der Waals surface area (Å²) >= 11 is 0. The van der Waals surface area contributed by atoms with Gasteiger partial charge in [0.2, 0.25) is 5.91 Å². The van der Waals surface area contributed by atoms with Crippen molar-refractivity contribution in [1.82, 2.24) is 24.9 Å². The standard InChI is InChI=1S/C20H22F3N5O2/c1-11(2)28-18-13(4)26-27(19(30)16(18)9-24-28)10-17(29)25-12(3)14-5-7-15(8-6-14)20(21,22)23/h5-9,11-12H,10H2,1-4H3,(H,25,29)/t12-/m0/s1. The molecule has 0 bridgehead atoms. The van der Waals surface area contributed by atoms with E-state index in [0.717, 1.165) is 16.8 Å². The second kappa shape index (κ2) is 7.92. The molecule has 0 aliphatic carbocycles. The highest BCUT2D eigenvalue weighted by atomic mass is 19.4. The number of nitrogens with one attached hydrogen (secondary N) is 1. The molecule has 10 heteroatoms. The minimum Gasteiger partial charge on any atom is -0.348 e. The van der Waals surface area contributed by atoms with Crippen LogP contribution >= 0.6 is 0 Å². The minimum absolute atomic E-state index is 0.0473. The molecule has 0 radical (unpaired) electrons. The molecule has 1 N–H and O–H groups in total. The Kier molecular flexibility index (Phi) is 5.69. The molecule has 1 amide bonds. The van der Waals surface area contributed by atoms with Crippen molar-refractivity contribution < 1.29 is 18.0 Å². The third-order valence-corrected chi connectivity index (χ3v) is 4.77. The first-order chi connectivity index (χ1) is 14.0. The van der Waals surface area contributed by atoms with E-state index in [0.29, 0.717) is 22.2 Å². The van der Waals surface area contributed by atoms with Gasteiger partial charge in [-0.3, -0.25) is 14.3 Å². The molecule has 2 heterocycles. The van der Waals surface area contributed by atoms with E-state index in [1.807, 2.05) is 13.8 Å². The molecule has 0 fully saturated rings. The van der Waals surface area contributed by atoms with Gasteiger partial charge < -0.3 is 5.32 Å². The van der Waals surface area contributed by atoms with Crippen LogP contribution in [0.2, 0.25) is 0 Å². The van der Waals surface area contributed by atoms with E-state index < -0.39 is 29.2 Å². The maximum atomic E-state index is 12.7. The molecular weight excluding hydrogens is 399 g/mol. The Morgan fingerprint density at radius 2 is 1.80 bits per heavy atom. The van der Waals surface area contributed by atoms with Crippen molar-refractivity contribution >= 4 is 16.8 Å². The molecule has 0 aliphatic heterocycles. The molecule has 1 atom stereocenters. The molecule has 0 aliphatic rings. The van der Waals surface area contributed by atoms with E-state index in [-0.39, 0.29) is 12.6 Å². The van der Waals surface area contributed by atoms with Crippen LogP contribution < -0.4 is 10.9 Å². The summed E-state index contributed by atoms with van der Waals surface area (Å²) in [5.74, 6) is -0.480. The van der Waals surface area contributed by atoms with E-state index in [1.54, 1.807) is 18.5 Å². The lowest BCUT2D eigenvalue weighted by molar-refractivity contribution is -0.137. The summed E-state index contributed by atoms with van der Waals surface area (Å²) in [7, 11) is 0. The van der Waals surface area contributed by atoms with Gasteiger partial charge in [0.15, 0.2) is 0 Å². The van der Waals surface area contributed by atoms with Crippen LogP contribution in [0.25, 0.3) is 10.9 Å². The van der Waals surface area contributed by atoms with E-state index in [2.05, 4.69) is 15.5 Å². The van der Waals surface area contributed by atoms with Crippen molar-refractivity contribution in [2.24, 2.45) is 0 Å². The lowest BCUT2D eigenvalue weighted by Crippen LogP contribution is -2.35. The zero-order valence-electron chi connectivity index (χ0n) is 17.0. The predicted molar refractivity (Wildman–Crippen MR) is 105 cm³/mol. The van der Waals surface area contributed by atoms with Crippen molar-refractivity contribution in [3.8, 4) is 0 Å². The molecule has 0 saturated carbocycles. The number of hydrogen-bond acceptors (Lipinski definition) is 4. The van der Waals surface area contributed by atoms with Gasteiger partial charge in [-0.05, 0) is 45.4 Å². The van der Waals surface area contributed by atoms with Crippen molar-refractivity contribution in [1.29, 1.82) is 0 Å². The van der Waals surface area contributed by atoms with Crippen LogP contribution in [0.15, 0.2) is 35.3 Å². The molecule has 0 spiro atoms. The van der Waals surface area contributed by atoms with Crippen LogP contribution in [0.4, 0.5) is 13.2 Å². The third-order valence-electron chi connectivity index (χ3n) is 4.77.